The molecular formula is C13H14N2. The lowest BCUT2D eigenvalue weighted by molar-refractivity contribution is 0.669. The molecule has 0 spiro atoms. The van der Waals surface area contributed by atoms with Crippen LogP contribution in [-0.4, -0.2) is 10.7 Å². The SMILES string of the molecule is c1ccc2c(c1)CC(Nn1cccc1)C2. The summed E-state index contributed by atoms with van der Waals surface area (Å²) in [6, 6.07) is 13.3. The normalized spacial score (nSPS) is 15.2. The first-order chi connectivity index (χ1) is 7.42. The Kier molecular flexibility index (Phi) is 1.98. The molecule has 0 aliphatic heterocycles. The molecule has 1 aliphatic rings. The van der Waals surface area contributed by atoms with Crippen LogP contribution in [0.1, 0.15) is 11.1 Å². The summed E-state index contributed by atoms with van der Waals surface area (Å²) in [4.78, 5) is 0. The predicted octanol–water partition coefficient (Wildman–Crippen LogP) is 2.20. The third-order valence-electron chi connectivity index (χ3n) is 2.99. The molecule has 0 atom stereocenters. The van der Waals surface area contributed by atoms with Gasteiger partial charge in [-0.05, 0) is 36.1 Å². The van der Waals surface area contributed by atoms with Crippen LogP contribution in [0.3, 0.4) is 0 Å². The van der Waals surface area contributed by atoms with Gasteiger partial charge >= 0.3 is 0 Å². The third-order valence-corrected chi connectivity index (χ3v) is 2.99. The number of nitrogens with one attached hydrogen (secondary N) is 1. The average Bonchev–Trinajstić information content (AvgIpc) is 2.86. The van der Waals surface area contributed by atoms with Gasteiger partial charge in [0.2, 0.25) is 0 Å². The van der Waals surface area contributed by atoms with Crippen LogP contribution in [0.5, 0.6) is 0 Å². The maximum absolute atomic E-state index is 3.48. The highest BCUT2D eigenvalue weighted by molar-refractivity contribution is 5.34. The smallest absolute Gasteiger partial charge is 0.0505 e. The van der Waals surface area contributed by atoms with Gasteiger partial charge in [0.15, 0.2) is 0 Å². The minimum Gasteiger partial charge on any atom is -0.323 e. The Morgan fingerprint density at radius 3 is 2.13 bits per heavy atom. The van der Waals surface area contributed by atoms with E-state index in [4.69, 9.17) is 0 Å². The molecule has 1 heterocycles. The molecule has 0 amide bonds. The molecule has 76 valence electrons. The van der Waals surface area contributed by atoms with Crippen molar-refractivity contribution in [2.45, 2.75) is 18.9 Å². The van der Waals surface area contributed by atoms with Crippen LogP contribution >= 0.6 is 0 Å². The zero-order chi connectivity index (χ0) is 10.1. The molecule has 15 heavy (non-hydrogen) atoms. The summed E-state index contributed by atoms with van der Waals surface area (Å²) in [5.74, 6) is 0. The van der Waals surface area contributed by atoms with Gasteiger partial charge in [-0.15, -0.1) is 0 Å². The molecule has 3 rings (SSSR count). The summed E-state index contributed by atoms with van der Waals surface area (Å²) in [5, 5.41) is 0. The Morgan fingerprint density at radius 1 is 0.933 bits per heavy atom. The van der Waals surface area contributed by atoms with E-state index in [9.17, 15) is 0 Å². The van der Waals surface area contributed by atoms with E-state index < -0.39 is 0 Å². The molecule has 0 saturated heterocycles. The fraction of sp³-hybridized carbons (Fsp3) is 0.231. The monoisotopic (exact) mass is 198 g/mol. The van der Waals surface area contributed by atoms with Gasteiger partial charge in [0.25, 0.3) is 0 Å². The summed E-state index contributed by atoms with van der Waals surface area (Å²) >= 11 is 0. The molecule has 1 aromatic carbocycles. The lowest BCUT2D eigenvalue weighted by Crippen LogP contribution is -2.27. The van der Waals surface area contributed by atoms with Crippen LogP contribution in [0.15, 0.2) is 48.8 Å². The van der Waals surface area contributed by atoms with Gasteiger partial charge in [-0.1, -0.05) is 24.3 Å². The maximum Gasteiger partial charge on any atom is 0.0505 e. The van der Waals surface area contributed by atoms with Gasteiger partial charge in [-0.3, -0.25) is 4.68 Å². The fourth-order valence-corrected chi connectivity index (χ4v) is 2.28. The van der Waals surface area contributed by atoms with Gasteiger partial charge in [-0.2, -0.15) is 0 Å². The van der Waals surface area contributed by atoms with Crippen LogP contribution < -0.4 is 5.43 Å². The van der Waals surface area contributed by atoms with E-state index in [2.05, 4.69) is 29.7 Å². The molecule has 0 fully saturated rings. The van der Waals surface area contributed by atoms with Crippen molar-refractivity contribution in [1.29, 1.82) is 0 Å². The van der Waals surface area contributed by atoms with Crippen molar-refractivity contribution in [2.75, 3.05) is 5.43 Å². The number of hydrogen-bond donors (Lipinski definition) is 1. The molecule has 0 bridgehead atoms. The number of aromatic nitrogens is 1. The van der Waals surface area contributed by atoms with E-state index in [0.717, 1.165) is 12.8 Å². The highest BCUT2D eigenvalue weighted by Crippen LogP contribution is 2.22. The first-order valence-electron chi connectivity index (χ1n) is 5.38. The second-order valence-corrected chi connectivity index (χ2v) is 4.09. The molecule has 1 aliphatic carbocycles. The van der Waals surface area contributed by atoms with Gasteiger partial charge in [0.05, 0.1) is 6.04 Å². The van der Waals surface area contributed by atoms with E-state index in [-0.39, 0.29) is 0 Å². The van der Waals surface area contributed by atoms with Crippen LogP contribution in [0.2, 0.25) is 0 Å². The van der Waals surface area contributed by atoms with E-state index >= 15 is 0 Å². The Morgan fingerprint density at radius 2 is 1.53 bits per heavy atom. The van der Waals surface area contributed by atoms with E-state index in [1.165, 1.54) is 11.1 Å². The first kappa shape index (κ1) is 8.60. The third kappa shape index (κ3) is 1.63. The molecule has 1 aromatic heterocycles. The summed E-state index contributed by atoms with van der Waals surface area (Å²) in [7, 11) is 0. The molecule has 2 aromatic rings. The Bertz CT molecular complexity index is 418. The number of benzene rings is 1. The standard InChI is InChI=1S/C13H14N2/c1-2-6-12-10-13(9-11(12)5-1)14-15-7-3-4-8-15/h1-8,13-14H,9-10H2. The molecule has 2 heteroatoms. The van der Waals surface area contributed by atoms with Crippen LogP contribution in [0, 0.1) is 0 Å². The Labute approximate surface area is 89.5 Å². The number of rotatable bonds is 2. The highest BCUT2D eigenvalue weighted by atomic mass is 15.4. The van der Waals surface area contributed by atoms with Crippen LogP contribution in [0.25, 0.3) is 0 Å². The van der Waals surface area contributed by atoms with Crippen molar-refractivity contribution in [3.63, 3.8) is 0 Å². The van der Waals surface area contributed by atoms with Crippen molar-refractivity contribution >= 4 is 0 Å². The summed E-state index contributed by atoms with van der Waals surface area (Å²) in [5.41, 5.74) is 6.46. The van der Waals surface area contributed by atoms with Gasteiger partial charge in [0.1, 0.15) is 0 Å². The van der Waals surface area contributed by atoms with Crippen molar-refractivity contribution in [3.8, 4) is 0 Å². The van der Waals surface area contributed by atoms with Crippen molar-refractivity contribution < 1.29 is 0 Å². The second kappa shape index (κ2) is 3.46. The van der Waals surface area contributed by atoms with Crippen molar-refractivity contribution in [3.05, 3.63) is 59.9 Å². The minimum absolute atomic E-state index is 0.537. The Hall–Kier alpha value is -1.70. The van der Waals surface area contributed by atoms with Gasteiger partial charge in [-0.25, -0.2) is 0 Å². The Balaban J connectivity index is 1.74. The van der Waals surface area contributed by atoms with Crippen LogP contribution in [0.4, 0.5) is 0 Å². The minimum atomic E-state index is 0.537. The zero-order valence-corrected chi connectivity index (χ0v) is 8.56. The molecule has 0 unspecified atom stereocenters. The van der Waals surface area contributed by atoms with Crippen molar-refractivity contribution in [1.82, 2.24) is 4.68 Å². The second-order valence-electron chi connectivity index (χ2n) is 4.09. The van der Waals surface area contributed by atoms with E-state index in [1.54, 1.807) is 0 Å². The maximum atomic E-state index is 3.48. The van der Waals surface area contributed by atoms with Crippen LogP contribution in [-0.2, 0) is 12.8 Å². The summed E-state index contributed by atoms with van der Waals surface area (Å²) in [6.07, 6.45) is 6.36. The topological polar surface area (TPSA) is 17.0 Å². The van der Waals surface area contributed by atoms with E-state index in [1.807, 2.05) is 29.2 Å². The fourth-order valence-electron chi connectivity index (χ4n) is 2.28. The quantitative estimate of drug-likeness (QED) is 0.782. The molecule has 1 N–H and O–H groups in total. The average molecular weight is 198 g/mol. The predicted molar refractivity (Wildman–Crippen MR) is 61.4 cm³/mol. The van der Waals surface area contributed by atoms with Gasteiger partial charge < -0.3 is 5.43 Å². The largest absolute Gasteiger partial charge is 0.323 e. The molecule has 2 nitrogen and oxygen atoms in total. The lowest BCUT2D eigenvalue weighted by atomic mass is 10.1. The van der Waals surface area contributed by atoms with Crippen molar-refractivity contribution in [2.24, 2.45) is 0 Å². The summed E-state index contributed by atoms with van der Waals surface area (Å²) < 4.78 is 2.04. The molecular weight excluding hydrogens is 184 g/mol. The zero-order valence-electron chi connectivity index (χ0n) is 8.56. The van der Waals surface area contributed by atoms with E-state index in [0.29, 0.717) is 6.04 Å². The highest BCUT2D eigenvalue weighted by Gasteiger charge is 2.20. The number of nitrogens with zero attached hydrogens (tertiary/aromatic N) is 1. The first-order valence-corrected chi connectivity index (χ1v) is 5.38. The number of hydrogen-bond acceptors (Lipinski definition) is 1. The molecule has 0 saturated carbocycles. The molecule has 0 radical (unpaired) electrons. The summed E-state index contributed by atoms with van der Waals surface area (Å²) in [6.45, 7) is 0. The number of fused-ring (bicyclic) bond motifs is 1. The lowest BCUT2D eigenvalue weighted by Gasteiger charge is -2.14. The van der Waals surface area contributed by atoms with Gasteiger partial charge in [0, 0.05) is 12.4 Å².